The highest BCUT2D eigenvalue weighted by Crippen LogP contribution is 2.29. The van der Waals surface area contributed by atoms with Crippen molar-refractivity contribution in [2.24, 2.45) is 11.5 Å². The second kappa shape index (κ2) is 6.44. The van der Waals surface area contributed by atoms with Gasteiger partial charge < -0.3 is 27.2 Å². The van der Waals surface area contributed by atoms with Crippen molar-refractivity contribution in [3.05, 3.63) is 0 Å². The van der Waals surface area contributed by atoms with E-state index in [1.165, 1.54) is 0 Å². The average Bonchev–Trinajstić information content (AvgIpc) is 3.04. The number of carbonyl (C=O) groups excluding carboxylic acids is 4. The molecule has 0 aromatic heterocycles. The number of ketones is 1. The van der Waals surface area contributed by atoms with Crippen LogP contribution in [0.1, 0.15) is 19.3 Å². The van der Waals surface area contributed by atoms with E-state index in [-0.39, 0.29) is 31.6 Å². The molecule has 0 aromatic rings. The van der Waals surface area contributed by atoms with Gasteiger partial charge in [0.25, 0.3) is 0 Å². The van der Waals surface area contributed by atoms with Gasteiger partial charge in [-0.05, 0) is 6.42 Å². The first-order valence-electron chi connectivity index (χ1n) is 6.08. The molecule has 0 saturated heterocycles. The lowest BCUT2D eigenvalue weighted by molar-refractivity contribution is -0.130. The second-order valence-corrected chi connectivity index (χ2v) is 4.66. The summed E-state index contributed by atoms with van der Waals surface area (Å²) in [7, 11) is 0. The van der Waals surface area contributed by atoms with Gasteiger partial charge in [0.2, 0.25) is 17.7 Å². The highest BCUT2D eigenvalue weighted by Gasteiger charge is 2.55. The minimum atomic E-state index is -1.25. The van der Waals surface area contributed by atoms with E-state index in [9.17, 15) is 19.2 Å². The molecule has 1 rings (SSSR count). The zero-order valence-corrected chi connectivity index (χ0v) is 10.8. The van der Waals surface area contributed by atoms with Crippen molar-refractivity contribution >= 4 is 23.5 Å². The summed E-state index contributed by atoms with van der Waals surface area (Å²) in [4.78, 5) is 45.2. The fourth-order valence-electron chi connectivity index (χ4n) is 1.66. The largest absolute Gasteiger partial charge is 0.393 e. The average molecular weight is 286 g/mol. The summed E-state index contributed by atoms with van der Waals surface area (Å²) in [6.45, 7) is -0.824. The van der Waals surface area contributed by atoms with Gasteiger partial charge in [0.15, 0.2) is 5.78 Å². The van der Waals surface area contributed by atoms with Gasteiger partial charge in [0.05, 0.1) is 13.2 Å². The molecule has 0 unspecified atom stereocenters. The summed E-state index contributed by atoms with van der Waals surface area (Å²) in [5.41, 5.74) is 8.87. The lowest BCUT2D eigenvalue weighted by Gasteiger charge is -2.20. The molecule has 2 atom stereocenters. The number of Topliss-reactive ketones (excluding diaryl/α,β-unsaturated/α-hetero) is 1. The number of carbonyl (C=O) groups is 4. The van der Waals surface area contributed by atoms with Gasteiger partial charge in [-0.2, -0.15) is 0 Å². The zero-order chi connectivity index (χ0) is 15.3. The number of amides is 3. The maximum absolute atomic E-state index is 12.0. The second-order valence-electron chi connectivity index (χ2n) is 4.66. The lowest BCUT2D eigenvalue weighted by Crippen LogP contribution is -2.53. The Bertz CT molecular complexity index is 439. The van der Waals surface area contributed by atoms with Gasteiger partial charge in [-0.1, -0.05) is 0 Å². The molecule has 1 aliphatic rings. The molecule has 0 spiro atoms. The third-order valence-electron chi connectivity index (χ3n) is 3.02. The number of aliphatic hydroxyl groups is 1. The topological polar surface area (TPSA) is 165 Å². The van der Waals surface area contributed by atoms with E-state index >= 15 is 0 Å². The lowest BCUT2D eigenvalue weighted by atomic mass is 10.1. The van der Waals surface area contributed by atoms with Gasteiger partial charge in [0.1, 0.15) is 11.6 Å². The summed E-state index contributed by atoms with van der Waals surface area (Å²) in [5, 5.41) is 13.8. The van der Waals surface area contributed by atoms with Crippen molar-refractivity contribution < 1.29 is 24.3 Å². The summed E-state index contributed by atoms with van der Waals surface area (Å²) in [5.74, 6) is -2.14. The Hall–Kier alpha value is -2.00. The van der Waals surface area contributed by atoms with Crippen LogP contribution in [-0.2, 0) is 19.2 Å². The minimum Gasteiger partial charge on any atom is -0.393 e. The molecule has 0 aliphatic heterocycles. The van der Waals surface area contributed by atoms with Crippen LogP contribution in [0.15, 0.2) is 0 Å². The number of hydrogen-bond acceptors (Lipinski definition) is 6. The number of aliphatic hydroxyl groups excluding tert-OH is 1. The van der Waals surface area contributed by atoms with E-state index in [2.05, 4.69) is 10.6 Å². The van der Waals surface area contributed by atoms with Crippen LogP contribution in [0.25, 0.3) is 0 Å². The smallest absolute Gasteiger partial charge is 0.243 e. The van der Waals surface area contributed by atoms with E-state index in [1.807, 2.05) is 0 Å². The van der Waals surface area contributed by atoms with Crippen LogP contribution in [-0.4, -0.2) is 53.3 Å². The quantitative estimate of drug-likeness (QED) is 0.311. The van der Waals surface area contributed by atoms with Crippen molar-refractivity contribution in [2.45, 2.75) is 30.8 Å². The van der Waals surface area contributed by atoms with Crippen LogP contribution in [0.5, 0.6) is 0 Å². The van der Waals surface area contributed by atoms with Crippen molar-refractivity contribution in [3.8, 4) is 0 Å². The summed E-state index contributed by atoms with van der Waals surface area (Å²) in [6, 6.07) is -1.03. The maximum Gasteiger partial charge on any atom is 0.243 e. The molecule has 112 valence electrons. The highest BCUT2D eigenvalue weighted by atomic mass is 16.3. The molecule has 9 heteroatoms. The monoisotopic (exact) mass is 286 g/mol. The Morgan fingerprint density at radius 1 is 1.40 bits per heavy atom. The van der Waals surface area contributed by atoms with Crippen LogP contribution in [0.2, 0.25) is 0 Å². The molecule has 1 saturated carbocycles. The van der Waals surface area contributed by atoms with Gasteiger partial charge in [-0.3, -0.25) is 19.2 Å². The normalized spacial score (nSPS) is 22.0. The van der Waals surface area contributed by atoms with E-state index in [0.717, 1.165) is 0 Å². The summed E-state index contributed by atoms with van der Waals surface area (Å²) < 4.78 is 0. The van der Waals surface area contributed by atoms with Crippen LogP contribution < -0.4 is 22.1 Å². The van der Waals surface area contributed by atoms with Crippen molar-refractivity contribution in [2.75, 3.05) is 13.2 Å². The third kappa shape index (κ3) is 4.00. The number of primary amides is 1. The Morgan fingerprint density at radius 2 is 2.00 bits per heavy atom. The number of nitrogens with two attached hydrogens (primary N) is 2. The SMILES string of the molecule is NCC(=O)N[C@@H](CCC(N)=O)C(=O)N[C@]1(CO)CC1=O. The van der Waals surface area contributed by atoms with Gasteiger partial charge in [-0.15, -0.1) is 0 Å². The van der Waals surface area contributed by atoms with E-state index in [0.29, 0.717) is 0 Å². The maximum atomic E-state index is 12.0. The molecular weight excluding hydrogens is 268 g/mol. The van der Waals surface area contributed by atoms with Crippen LogP contribution >= 0.6 is 0 Å². The first kappa shape index (κ1) is 16.1. The van der Waals surface area contributed by atoms with Crippen molar-refractivity contribution in [3.63, 3.8) is 0 Å². The van der Waals surface area contributed by atoms with Crippen LogP contribution in [0.4, 0.5) is 0 Å². The number of rotatable bonds is 8. The van der Waals surface area contributed by atoms with Crippen LogP contribution in [0.3, 0.4) is 0 Å². The van der Waals surface area contributed by atoms with Crippen molar-refractivity contribution in [1.29, 1.82) is 0 Å². The minimum absolute atomic E-state index is 0.0113. The number of nitrogens with one attached hydrogen (secondary N) is 2. The fourth-order valence-corrected chi connectivity index (χ4v) is 1.66. The van der Waals surface area contributed by atoms with Gasteiger partial charge in [0, 0.05) is 12.8 Å². The summed E-state index contributed by atoms with van der Waals surface area (Å²) >= 11 is 0. The highest BCUT2D eigenvalue weighted by molar-refractivity contribution is 6.08. The molecule has 0 bridgehead atoms. The number of hydrogen-bond donors (Lipinski definition) is 5. The first-order valence-corrected chi connectivity index (χ1v) is 6.08. The molecule has 20 heavy (non-hydrogen) atoms. The Labute approximate surface area is 115 Å². The van der Waals surface area contributed by atoms with Crippen LogP contribution in [0, 0.1) is 0 Å². The predicted octanol–water partition coefficient (Wildman–Crippen LogP) is -3.48. The predicted molar refractivity (Wildman–Crippen MR) is 67.0 cm³/mol. The van der Waals surface area contributed by atoms with Gasteiger partial charge >= 0.3 is 0 Å². The van der Waals surface area contributed by atoms with Gasteiger partial charge in [-0.25, -0.2) is 0 Å². The Kier molecular flexibility index (Phi) is 5.17. The molecule has 0 aromatic carbocycles. The Morgan fingerprint density at radius 3 is 2.40 bits per heavy atom. The molecule has 0 radical (unpaired) electrons. The molecule has 0 heterocycles. The van der Waals surface area contributed by atoms with E-state index < -0.39 is 35.9 Å². The fraction of sp³-hybridized carbons (Fsp3) is 0.636. The third-order valence-corrected chi connectivity index (χ3v) is 3.02. The van der Waals surface area contributed by atoms with E-state index in [4.69, 9.17) is 16.6 Å². The first-order chi connectivity index (χ1) is 9.34. The molecule has 1 fully saturated rings. The molecule has 7 N–H and O–H groups in total. The zero-order valence-electron chi connectivity index (χ0n) is 10.8. The molecule has 3 amide bonds. The molecular formula is C11H18N4O5. The van der Waals surface area contributed by atoms with E-state index in [1.54, 1.807) is 0 Å². The van der Waals surface area contributed by atoms with Crippen molar-refractivity contribution in [1.82, 2.24) is 10.6 Å². The molecule has 1 aliphatic carbocycles. The molecule has 9 nitrogen and oxygen atoms in total. The standard InChI is InChI=1S/C11H18N4O5/c12-4-9(19)14-6(1-2-8(13)18)10(20)15-11(5-16)3-7(11)17/h6,16H,1-5,12H2,(H2,13,18)(H,14,19)(H,15,20)/t6-,11-/m0/s1. The summed E-state index contributed by atoms with van der Waals surface area (Å²) in [6.07, 6.45) is -0.0752. The Balaban J connectivity index is 2.65.